The number of piperidine rings is 1. The van der Waals surface area contributed by atoms with Crippen molar-refractivity contribution in [2.24, 2.45) is 0 Å². The summed E-state index contributed by atoms with van der Waals surface area (Å²) in [5.41, 5.74) is 0.856. The maximum absolute atomic E-state index is 12.6. The van der Waals surface area contributed by atoms with Gasteiger partial charge in [-0.05, 0) is 12.8 Å². The summed E-state index contributed by atoms with van der Waals surface area (Å²) in [5, 5.41) is 3.19. The summed E-state index contributed by atoms with van der Waals surface area (Å²) in [4.78, 5) is 31.2. The molecule has 1 atom stereocenters. The van der Waals surface area contributed by atoms with Gasteiger partial charge in [-0.3, -0.25) is 4.79 Å². The highest BCUT2D eigenvalue weighted by Crippen LogP contribution is 2.29. The summed E-state index contributed by atoms with van der Waals surface area (Å²) in [7, 11) is -2.10. The van der Waals surface area contributed by atoms with Crippen molar-refractivity contribution >= 4 is 38.5 Å². The summed E-state index contributed by atoms with van der Waals surface area (Å²) in [5.74, 6) is -0.356. The molecule has 1 aromatic rings. The number of nitrogens with zero attached hydrogens (tertiary/aromatic N) is 3. The van der Waals surface area contributed by atoms with Crippen molar-refractivity contribution in [3.8, 4) is 0 Å². The fourth-order valence-corrected chi connectivity index (χ4v) is 5.44. The van der Waals surface area contributed by atoms with E-state index < -0.39 is 16.1 Å². The smallest absolute Gasteiger partial charge is 0.409 e. The Bertz CT molecular complexity index is 807. The molecule has 0 bridgehead atoms. The van der Waals surface area contributed by atoms with Gasteiger partial charge in [-0.25, -0.2) is 18.2 Å². The van der Waals surface area contributed by atoms with E-state index in [4.69, 9.17) is 4.74 Å². The predicted octanol–water partition coefficient (Wildman–Crippen LogP) is 1.02. The number of carbonyl (C=O) groups is 2. The first kappa shape index (κ1) is 19.1. The van der Waals surface area contributed by atoms with Crippen LogP contribution in [0.5, 0.6) is 0 Å². The Kier molecular flexibility index (Phi) is 5.49. The van der Waals surface area contributed by atoms with Crippen LogP contribution >= 0.6 is 11.3 Å². The van der Waals surface area contributed by atoms with Gasteiger partial charge in [-0.15, -0.1) is 0 Å². The molecule has 0 aliphatic carbocycles. The van der Waals surface area contributed by atoms with E-state index in [0.717, 1.165) is 29.7 Å². The number of rotatable bonds is 3. The normalized spacial score (nSPS) is 21.2. The van der Waals surface area contributed by atoms with Crippen LogP contribution in [0.1, 0.15) is 29.8 Å². The number of carbonyl (C=O) groups excluding carboxylic acids is 2. The number of hydrogen-bond donors (Lipinski definition) is 1. The molecular formula is C15H22N4O5S2. The van der Waals surface area contributed by atoms with Crippen molar-refractivity contribution in [1.29, 1.82) is 0 Å². The number of amides is 2. The number of sulfonamides is 1. The molecule has 1 fully saturated rings. The van der Waals surface area contributed by atoms with Gasteiger partial charge in [0.2, 0.25) is 15.9 Å². The Hall–Kier alpha value is -1.72. The lowest BCUT2D eigenvalue weighted by molar-refractivity contribution is -0.120. The van der Waals surface area contributed by atoms with Gasteiger partial charge in [0.1, 0.15) is 6.04 Å². The Balaban J connectivity index is 1.71. The Labute approximate surface area is 156 Å². The van der Waals surface area contributed by atoms with Crippen LogP contribution in [-0.2, 0) is 32.5 Å². The van der Waals surface area contributed by atoms with E-state index in [9.17, 15) is 18.0 Å². The monoisotopic (exact) mass is 402 g/mol. The van der Waals surface area contributed by atoms with Crippen LogP contribution < -0.4 is 5.32 Å². The number of thiazole rings is 1. The van der Waals surface area contributed by atoms with Crippen LogP contribution in [0.3, 0.4) is 0 Å². The zero-order valence-electron chi connectivity index (χ0n) is 14.7. The van der Waals surface area contributed by atoms with Gasteiger partial charge in [0.25, 0.3) is 0 Å². The molecule has 144 valence electrons. The molecule has 0 saturated carbocycles. The molecule has 2 aliphatic rings. The zero-order valence-corrected chi connectivity index (χ0v) is 16.4. The molecule has 1 unspecified atom stereocenters. The number of fused-ring (bicyclic) bond motifs is 1. The van der Waals surface area contributed by atoms with Crippen molar-refractivity contribution in [2.75, 3.05) is 31.8 Å². The lowest BCUT2D eigenvalue weighted by Crippen LogP contribution is -2.49. The standard InChI is InChI=1S/C15H22N4O5S2/c1-24-15(21)18-8-6-10-12(9-18)25-14(16-10)17-13(20)11-5-3-4-7-19(11)26(2,22)23/h11H,3-9H2,1-2H3,(H,16,17,20). The quantitative estimate of drug-likeness (QED) is 0.809. The van der Waals surface area contributed by atoms with Crippen molar-refractivity contribution in [3.63, 3.8) is 0 Å². The molecule has 3 rings (SSSR count). The highest BCUT2D eigenvalue weighted by molar-refractivity contribution is 7.88. The third kappa shape index (κ3) is 3.99. The predicted molar refractivity (Wildman–Crippen MR) is 96.5 cm³/mol. The number of ether oxygens (including phenoxy) is 1. The molecule has 11 heteroatoms. The third-order valence-electron chi connectivity index (χ3n) is 4.58. The maximum atomic E-state index is 12.6. The number of aromatic nitrogens is 1. The van der Waals surface area contributed by atoms with E-state index in [2.05, 4.69) is 10.3 Å². The number of hydrogen-bond acceptors (Lipinski definition) is 7. The van der Waals surface area contributed by atoms with E-state index in [1.54, 1.807) is 4.90 Å². The van der Waals surface area contributed by atoms with Gasteiger partial charge in [0.15, 0.2) is 5.13 Å². The molecule has 26 heavy (non-hydrogen) atoms. The topological polar surface area (TPSA) is 109 Å². The Morgan fingerprint density at radius 1 is 1.31 bits per heavy atom. The zero-order chi connectivity index (χ0) is 18.9. The van der Waals surface area contributed by atoms with Crippen LogP contribution in [0, 0.1) is 0 Å². The lowest BCUT2D eigenvalue weighted by Gasteiger charge is -2.32. The number of nitrogens with one attached hydrogen (secondary N) is 1. The largest absolute Gasteiger partial charge is 0.453 e. The highest BCUT2D eigenvalue weighted by Gasteiger charge is 2.35. The molecule has 1 saturated heterocycles. The molecule has 0 aromatic carbocycles. The first-order chi connectivity index (χ1) is 12.3. The molecular weight excluding hydrogens is 380 g/mol. The van der Waals surface area contributed by atoms with Crippen molar-refractivity contribution in [3.05, 3.63) is 10.6 Å². The fraction of sp³-hybridized carbons (Fsp3) is 0.667. The van der Waals surface area contributed by atoms with Gasteiger partial charge < -0.3 is 15.0 Å². The summed E-state index contributed by atoms with van der Waals surface area (Å²) >= 11 is 1.31. The van der Waals surface area contributed by atoms with Gasteiger partial charge >= 0.3 is 6.09 Å². The molecule has 3 heterocycles. The molecule has 2 amide bonds. The average Bonchev–Trinajstić information content (AvgIpc) is 3.01. The van der Waals surface area contributed by atoms with Crippen LogP contribution in [0.4, 0.5) is 9.93 Å². The minimum absolute atomic E-state index is 0.356. The molecule has 1 N–H and O–H groups in total. The van der Waals surface area contributed by atoms with E-state index >= 15 is 0 Å². The lowest BCUT2D eigenvalue weighted by atomic mass is 10.0. The van der Waals surface area contributed by atoms with E-state index in [1.165, 1.54) is 22.8 Å². The Morgan fingerprint density at radius 3 is 2.77 bits per heavy atom. The summed E-state index contributed by atoms with van der Waals surface area (Å²) in [6.07, 6.45) is 3.40. The third-order valence-corrected chi connectivity index (χ3v) is 6.86. The first-order valence-electron chi connectivity index (χ1n) is 8.38. The van der Waals surface area contributed by atoms with Crippen molar-refractivity contribution < 1.29 is 22.7 Å². The second kappa shape index (κ2) is 7.49. The van der Waals surface area contributed by atoms with Crippen LogP contribution in [-0.4, -0.2) is 67.1 Å². The number of anilines is 1. The van der Waals surface area contributed by atoms with Gasteiger partial charge in [-0.1, -0.05) is 17.8 Å². The van der Waals surface area contributed by atoms with Gasteiger partial charge in [0, 0.05) is 24.4 Å². The second-order valence-corrected chi connectivity index (χ2v) is 9.42. The van der Waals surface area contributed by atoms with E-state index in [0.29, 0.717) is 37.6 Å². The number of methoxy groups -OCH3 is 1. The minimum atomic E-state index is -3.44. The summed E-state index contributed by atoms with van der Waals surface area (Å²) < 4.78 is 29.8. The highest BCUT2D eigenvalue weighted by atomic mass is 32.2. The molecule has 0 spiro atoms. The van der Waals surface area contributed by atoms with Gasteiger partial charge in [-0.2, -0.15) is 4.31 Å². The first-order valence-corrected chi connectivity index (χ1v) is 11.0. The molecule has 0 radical (unpaired) electrons. The fourth-order valence-electron chi connectivity index (χ4n) is 3.29. The summed E-state index contributed by atoms with van der Waals surface area (Å²) in [6, 6.07) is -0.703. The van der Waals surface area contributed by atoms with E-state index in [-0.39, 0.29) is 12.0 Å². The van der Waals surface area contributed by atoms with E-state index in [1.807, 2.05) is 0 Å². The Morgan fingerprint density at radius 2 is 2.08 bits per heavy atom. The molecule has 2 aliphatic heterocycles. The van der Waals surface area contributed by atoms with Crippen molar-refractivity contribution in [1.82, 2.24) is 14.2 Å². The molecule has 1 aromatic heterocycles. The SMILES string of the molecule is COC(=O)N1CCc2nc(NC(=O)C3CCCCN3S(C)(=O)=O)sc2C1. The van der Waals surface area contributed by atoms with Crippen molar-refractivity contribution in [2.45, 2.75) is 38.3 Å². The molecule has 9 nitrogen and oxygen atoms in total. The average molecular weight is 402 g/mol. The maximum Gasteiger partial charge on any atom is 0.409 e. The van der Waals surface area contributed by atoms with Crippen LogP contribution in [0.25, 0.3) is 0 Å². The van der Waals surface area contributed by atoms with Gasteiger partial charge in [0.05, 0.1) is 25.6 Å². The minimum Gasteiger partial charge on any atom is -0.453 e. The van der Waals surface area contributed by atoms with Crippen LogP contribution in [0.15, 0.2) is 0 Å². The summed E-state index contributed by atoms with van der Waals surface area (Å²) in [6.45, 7) is 1.27. The second-order valence-electron chi connectivity index (χ2n) is 6.41. The van der Waals surface area contributed by atoms with Crippen LogP contribution in [0.2, 0.25) is 0 Å².